The molecule has 0 radical (unpaired) electrons. The van der Waals surface area contributed by atoms with Crippen molar-refractivity contribution in [2.75, 3.05) is 26.4 Å². The fourth-order valence-electron chi connectivity index (χ4n) is 5.22. The Morgan fingerprint density at radius 2 is 1.87 bits per heavy atom. The van der Waals surface area contributed by atoms with Gasteiger partial charge >= 0.3 is 0 Å². The van der Waals surface area contributed by atoms with Gasteiger partial charge in [-0.25, -0.2) is 8.78 Å². The molecular weight excluding hydrogens is 402 g/mol. The molecule has 31 heavy (non-hydrogen) atoms. The third-order valence-corrected chi connectivity index (χ3v) is 7.00. The van der Waals surface area contributed by atoms with Crippen molar-refractivity contribution in [2.24, 2.45) is 0 Å². The molecule has 2 aromatic carbocycles. The highest BCUT2D eigenvalue weighted by Crippen LogP contribution is 2.37. The van der Waals surface area contributed by atoms with E-state index in [-0.39, 0.29) is 37.9 Å². The smallest absolute Gasteiger partial charge is 0.250 e. The summed E-state index contributed by atoms with van der Waals surface area (Å²) in [6.07, 6.45) is 1.88. The maximum atomic E-state index is 13.6. The lowest BCUT2D eigenvalue weighted by Gasteiger charge is -2.32. The Morgan fingerprint density at radius 3 is 2.58 bits per heavy atom. The van der Waals surface area contributed by atoms with Crippen LogP contribution in [-0.4, -0.2) is 65.1 Å². The topological polar surface area (TPSA) is 53.0 Å². The summed E-state index contributed by atoms with van der Waals surface area (Å²) in [6.45, 7) is 1.70. The van der Waals surface area contributed by atoms with Gasteiger partial charge in [0.1, 0.15) is 12.5 Å². The summed E-state index contributed by atoms with van der Waals surface area (Å²) >= 11 is 0. The molecule has 5 rings (SSSR count). The van der Waals surface area contributed by atoms with Gasteiger partial charge in [-0.2, -0.15) is 0 Å². The van der Waals surface area contributed by atoms with Crippen LogP contribution in [0.25, 0.3) is 10.8 Å². The Labute approximate surface area is 180 Å². The van der Waals surface area contributed by atoms with Crippen molar-refractivity contribution < 1.29 is 23.4 Å². The molecule has 2 aromatic rings. The molecule has 7 heteroatoms. The Bertz CT molecular complexity index is 986. The first kappa shape index (κ1) is 20.8. The Morgan fingerprint density at radius 1 is 1.13 bits per heavy atom. The number of aliphatic hydroxyl groups is 1. The number of carbonyl (C=O) groups excluding carboxylic acids is 1. The first-order chi connectivity index (χ1) is 14.9. The zero-order chi connectivity index (χ0) is 21.6. The summed E-state index contributed by atoms with van der Waals surface area (Å²) in [5, 5.41) is 12.2. The number of Topliss-reactive ketones (excluding diaryl/α,β-unsaturated/α-hetero) is 1. The number of hydrogen-bond acceptors (Lipinski definition) is 5. The molecule has 3 aliphatic rings. The standard InChI is InChI=1S/C24H28F2N2O3/c25-24(26)8-10-27(11-9-24)13-16-12-19-22(30)14-28(20-6-3-7-21(20)29)15-31-23(19)18-5-2-1-4-17(16)18/h1-2,4-5,12,20-21,29H,3,6-11,13-15H2. The van der Waals surface area contributed by atoms with Crippen LogP contribution in [0.5, 0.6) is 5.75 Å². The summed E-state index contributed by atoms with van der Waals surface area (Å²) in [5.74, 6) is -2.02. The zero-order valence-electron chi connectivity index (χ0n) is 17.5. The molecule has 0 amide bonds. The van der Waals surface area contributed by atoms with E-state index in [2.05, 4.69) is 0 Å². The first-order valence-corrected chi connectivity index (χ1v) is 11.1. The minimum Gasteiger partial charge on any atom is -0.477 e. The van der Waals surface area contributed by atoms with E-state index < -0.39 is 12.0 Å². The Kier molecular flexibility index (Phi) is 5.44. The maximum absolute atomic E-state index is 13.6. The molecule has 0 aromatic heterocycles. The number of ether oxygens (including phenoxy) is 1. The van der Waals surface area contributed by atoms with Crippen LogP contribution in [0.2, 0.25) is 0 Å². The number of aliphatic hydroxyl groups excluding tert-OH is 1. The van der Waals surface area contributed by atoms with Crippen LogP contribution in [0, 0.1) is 0 Å². The van der Waals surface area contributed by atoms with Gasteiger partial charge in [-0.1, -0.05) is 24.3 Å². The molecule has 0 spiro atoms. The first-order valence-electron chi connectivity index (χ1n) is 11.1. The highest BCUT2D eigenvalue weighted by atomic mass is 19.3. The van der Waals surface area contributed by atoms with Gasteiger partial charge in [-0.15, -0.1) is 0 Å². The summed E-state index contributed by atoms with van der Waals surface area (Å²) in [7, 11) is 0. The highest BCUT2D eigenvalue weighted by molar-refractivity contribution is 6.07. The second kappa shape index (κ2) is 8.11. The van der Waals surface area contributed by atoms with Crippen LogP contribution in [0.1, 0.15) is 48.0 Å². The molecule has 2 heterocycles. The van der Waals surface area contributed by atoms with Gasteiger partial charge in [-0.05, 0) is 36.3 Å². The van der Waals surface area contributed by atoms with Gasteiger partial charge in [0, 0.05) is 43.9 Å². The largest absolute Gasteiger partial charge is 0.477 e. The van der Waals surface area contributed by atoms with E-state index in [1.165, 1.54) is 0 Å². The van der Waals surface area contributed by atoms with Gasteiger partial charge in [0.25, 0.3) is 5.92 Å². The van der Waals surface area contributed by atoms with E-state index in [9.17, 15) is 18.7 Å². The van der Waals surface area contributed by atoms with E-state index in [4.69, 9.17) is 4.74 Å². The minimum atomic E-state index is -2.58. The predicted octanol–water partition coefficient (Wildman–Crippen LogP) is 3.82. The molecule has 2 unspecified atom stereocenters. The molecule has 2 aliphatic heterocycles. The van der Waals surface area contributed by atoms with Gasteiger partial charge in [0.2, 0.25) is 0 Å². The average Bonchev–Trinajstić information content (AvgIpc) is 3.11. The number of fused-ring (bicyclic) bond motifs is 3. The van der Waals surface area contributed by atoms with Crippen molar-refractivity contribution in [1.82, 2.24) is 9.80 Å². The third kappa shape index (κ3) is 4.06. The molecule has 1 saturated heterocycles. The summed E-state index contributed by atoms with van der Waals surface area (Å²) in [6, 6.07) is 9.66. The molecule has 166 valence electrons. The zero-order valence-corrected chi connectivity index (χ0v) is 17.5. The lowest BCUT2D eigenvalue weighted by Crippen LogP contribution is -2.44. The number of carbonyl (C=O) groups is 1. The van der Waals surface area contributed by atoms with Gasteiger partial charge in [0.15, 0.2) is 5.78 Å². The number of halogens is 2. The second-order valence-electron chi connectivity index (χ2n) is 9.10. The molecule has 1 N–H and O–H groups in total. The fourth-order valence-corrected chi connectivity index (χ4v) is 5.22. The van der Waals surface area contributed by atoms with E-state index in [1.807, 2.05) is 40.1 Å². The number of rotatable bonds is 3. The van der Waals surface area contributed by atoms with Crippen LogP contribution >= 0.6 is 0 Å². The van der Waals surface area contributed by atoms with E-state index in [1.54, 1.807) is 0 Å². The van der Waals surface area contributed by atoms with Crippen molar-refractivity contribution in [3.8, 4) is 5.75 Å². The highest BCUT2D eigenvalue weighted by Gasteiger charge is 2.36. The number of ketones is 1. The van der Waals surface area contributed by atoms with Gasteiger partial charge in [0.05, 0.1) is 18.2 Å². The van der Waals surface area contributed by atoms with Crippen LogP contribution in [0.4, 0.5) is 8.78 Å². The molecule has 1 saturated carbocycles. The van der Waals surface area contributed by atoms with Crippen molar-refractivity contribution >= 4 is 16.6 Å². The number of likely N-dealkylation sites (tertiary alicyclic amines) is 1. The number of alkyl halides is 2. The maximum Gasteiger partial charge on any atom is 0.250 e. The molecule has 5 nitrogen and oxygen atoms in total. The molecule has 1 aliphatic carbocycles. The lowest BCUT2D eigenvalue weighted by molar-refractivity contribution is -0.0565. The number of nitrogens with zero attached hydrogens (tertiary/aromatic N) is 2. The van der Waals surface area contributed by atoms with Gasteiger partial charge < -0.3 is 9.84 Å². The lowest BCUT2D eigenvalue weighted by atomic mass is 9.96. The molecule has 2 fully saturated rings. The summed E-state index contributed by atoms with van der Waals surface area (Å²) in [4.78, 5) is 17.2. The molecule has 0 bridgehead atoms. The Balaban J connectivity index is 1.46. The van der Waals surface area contributed by atoms with Crippen LogP contribution in [0.15, 0.2) is 30.3 Å². The normalized spacial score (nSPS) is 27.1. The average molecular weight is 430 g/mol. The van der Waals surface area contributed by atoms with Crippen LogP contribution in [0.3, 0.4) is 0 Å². The number of benzene rings is 2. The van der Waals surface area contributed by atoms with E-state index in [0.717, 1.165) is 35.6 Å². The Hall–Kier alpha value is -2.09. The summed E-state index contributed by atoms with van der Waals surface area (Å²) in [5.41, 5.74) is 1.51. The summed E-state index contributed by atoms with van der Waals surface area (Å²) < 4.78 is 33.3. The van der Waals surface area contributed by atoms with Crippen LogP contribution < -0.4 is 4.74 Å². The molecular formula is C24H28F2N2O3. The van der Waals surface area contributed by atoms with Crippen molar-refractivity contribution in [3.05, 3.63) is 41.5 Å². The monoisotopic (exact) mass is 430 g/mol. The second-order valence-corrected chi connectivity index (χ2v) is 9.10. The number of hydrogen-bond donors (Lipinski definition) is 1. The van der Waals surface area contributed by atoms with Crippen molar-refractivity contribution in [1.29, 1.82) is 0 Å². The number of piperidine rings is 1. The quantitative estimate of drug-likeness (QED) is 0.803. The van der Waals surface area contributed by atoms with Crippen molar-refractivity contribution in [2.45, 2.75) is 56.7 Å². The minimum absolute atomic E-state index is 0.0243. The predicted molar refractivity (Wildman–Crippen MR) is 114 cm³/mol. The van der Waals surface area contributed by atoms with E-state index >= 15 is 0 Å². The van der Waals surface area contributed by atoms with E-state index in [0.29, 0.717) is 30.9 Å². The SMILES string of the molecule is O=C1CN(C2CCCC2O)COc2c1cc(CN1CCC(F)(F)CC1)c1ccccc21. The third-order valence-electron chi connectivity index (χ3n) is 7.00. The fraction of sp³-hybridized carbons (Fsp3) is 0.542. The van der Waals surface area contributed by atoms with Crippen molar-refractivity contribution in [3.63, 3.8) is 0 Å². The molecule has 2 atom stereocenters. The van der Waals surface area contributed by atoms with Gasteiger partial charge in [-0.3, -0.25) is 14.6 Å². The van der Waals surface area contributed by atoms with Crippen LogP contribution in [-0.2, 0) is 6.54 Å².